The number of aromatic hydroxyl groups is 1. The van der Waals surface area contributed by atoms with Gasteiger partial charge in [-0.05, 0) is 24.3 Å². The van der Waals surface area contributed by atoms with Crippen molar-refractivity contribution >= 4 is 29.2 Å². The standard InChI is InChI=1S/C18H16N2O6/c1-26-12-4-2-3-10(7-12)19-14-9-16(22)20(17(14)23)11-5-6-13(18(24)25)15(21)8-11/h2-8,14,19,21H,9H2,1H3,(H,24,25). The number of rotatable bonds is 5. The van der Waals surface area contributed by atoms with Gasteiger partial charge in [0, 0.05) is 17.8 Å². The Balaban J connectivity index is 1.82. The van der Waals surface area contributed by atoms with Crippen LogP contribution in [0.1, 0.15) is 16.8 Å². The molecule has 1 fully saturated rings. The molecule has 1 saturated heterocycles. The second-order valence-electron chi connectivity index (χ2n) is 5.71. The van der Waals surface area contributed by atoms with E-state index in [0.717, 1.165) is 17.0 Å². The van der Waals surface area contributed by atoms with Crippen molar-refractivity contribution in [3.63, 3.8) is 0 Å². The topological polar surface area (TPSA) is 116 Å². The first-order chi connectivity index (χ1) is 12.4. The second-order valence-corrected chi connectivity index (χ2v) is 5.71. The van der Waals surface area contributed by atoms with E-state index in [-0.39, 0.29) is 17.7 Å². The number of ether oxygens (including phenoxy) is 1. The van der Waals surface area contributed by atoms with Crippen molar-refractivity contribution in [2.75, 3.05) is 17.3 Å². The molecule has 1 heterocycles. The molecular formula is C18H16N2O6. The fourth-order valence-corrected chi connectivity index (χ4v) is 2.77. The number of carboxylic acids is 1. The molecule has 8 nitrogen and oxygen atoms in total. The molecule has 1 aliphatic rings. The molecule has 1 unspecified atom stereocenters. The van der Waals surface area contributed by atoms with Crippen molar-refractivity contribution in [2.45, 2.75) is 12.5 Å². The minimum Gasteiger partial charge on any atom is -0.507 e. The first kappa shape index (κ1) is 17.3. The third-order valence-corrected chi connectivity index (χ3v) is 4.03. The number of benzene rings is 2. The summed E-state index contributed by atoms with van der Waals surface area (Å²) in [6.45, 7) is 0. The quantitative estimate of drug-likeness (QED) is 0.700. The van der Waals surface area contributed by atoms with Gasteiger partial charge >= 0.3 is 5.97 Å². The number of imide groups is 1. The van der Waals surface area contributed by atoms with Crippen molar-refractivity contribution in [1.82, 2.24) is 0 Å². The average Bonchev–Trinajstić information content (AvgIpc) is 2.88. The molecule has 0 aromatic heterocycles. The molecule has 2 amide bonds. The van der Waals surface area contributed by atoms with E-state index in [4.69, 9.17) is 9.84 Å². The number of hydrogen-bond acceptors (Lipinski definition) is 6. The first-order valence-corrected chi connectivity index (χ1v) is 7.74. The maximum absolute atomic E-state index is 12.6. The summed E-state index contributed by atoms with van der Waals surface area (Å²) in [5.41, 5.74) is 0.442. The van der Waals surface area contributed by atoms with Crippen LogP contribution in [0.15, 0.2) is 42.5 Å². The second kappa shape index (κ2) is 6.75. The molecule has 0 saturated carbocycles. The smallest absolute Gasteiger partial charge is 0.339 e. The van der Waals surface area contributed by atoms with Crippen LogP contribution in [-0.4, -0.2) is 41.1 Å². The van der Waals surface area contributed by atoms with Gasteiger partial charge in [0.2, 0.25) is 5.91 Å². The number of nitrogens with zero attached hydrogens (tertiary/aromatic N) is 1. The Bertz CT molecular complexity index is 895. The molecule has 134 valence electrons. The Hall–Kier alpha value is -3.55. The highest BCUT2D eigenvalue weighted by atomic mass is 16.5. The van der Waals surface area contributed by atoms with Gasteiger partial charge in [-0.3, -0.25) is 9.59 Å². The van der Waals surface area contributed by atoms with Gasteiger partial charge in [0.05, 0.1) is 19.2 Å². The molecular weight excluding hydrogens is 340 g/mol. The number of carbonyl (C=O) groups is 3. The van der Waals surface area contributed by atoms with Gasteiger partial charge < -0.3 is 20.3 Å². The molecule has 2 aromatic rings. The Morgan fingerprint density at radius 2 is 2.00 bits per heavy atom. The molecule has 1 atom stereocenters. The third-order valence-electron chi connectivity index (χ3n) is 4.03. The van der Waals surface area contributed by atoms with Crippen LogP contribution in [0.5, 0.6) is 11.5 Å². The highest BCUT2D eigenvalue weighted by Gasteiger charge is 2.39. The van der Waals surface area contributed by atoms with E-state index in [1.165, 1.54) is 13.2 Å². The first-order valence-electron chi connectivity index (χ1n) is 7.74. The molecule has 3 N–H and O–H groups in total. The van der Waals surface area contributed by atoms with Crippen LogP contribution >= 0.6 is 0 Å². The number of amides is 2. The number of aromatic carboxylic acids is 1. The van der Waals surface area contributed by atoms with E-state index in [0.29, 0.717) is 11.4 Å². The molecule has 0 aliphatic carbocycles. The summed E-state index contributed by atoms with van der Waals surface area (Å²) >= 11 is 0. The fraction of sp³-hybridized carbons (Fsp3) is 0.167. The lowest BCUT2D eigenvalue weighted by atomic mass is 10.1. The Labute approximate surface area is 148 Å². The predicted octanol–water partition coefficient (Wildman–Crippen LogP) is 1.84. The summed E-state index contributed by atoms with van der Waals surface area (Å²) < 4.78 is 5.12. The maximum atomic E-state index is 12.6. The summed E-state index contributed by atoms with van der Waals surface area (Å²) in [6, 6.07) is 9.74. The highest BCUT2D eigenvalue weighted by molar-refractivity contribution is 6.23. The number of nitrogens with one attached hydrogen (secondary N) is 1. The Morgan fingerprint density at radius 3 is 2.65 bits per heavy atom. The number of anilines is 2. The van der Waals surface area contributed by atoms with E-state index in [9.17, 15) is 19.5 Å². The van der Waals surface area contributed by atoms with Crippen molar-refractivity contribution in [3.8, 4) is 11.5 Å². The molecule has 0 spiro atoms. The van der Waals surface area contributed by atoms with Crippen LogP contribution in [0.25, 0.3) is 0 Å². The van der Waals surface area contributed by atoms with Crippen molar-refractivity contribution in [1.29, 1.82) is 0 Å². The van der Waals surface area contributed by atoms with E-state index >= 15 is 0 Å². The van der Waals surface area contributed by atoms with Gasteiger partial charge in [0.25, 0.3) is 5.91 Å². The van der Waals surface area contributed by atoms with Gasteiger partial charge in [-0.15, -0.1) is 0 Å². The summed E-state index contributed by atoms with van der Waals surface area (Å²) in [4.78, 5) is 36.8. The SMILES string of the molecule is COc1cccc(NC2CC(=O)N(c3ccc(C(=O)O)c(O)c3)C2=O)c1. The zero-order valence-corrected chi connectivity index (χ0v) is 13.8. The number of methoxy groups -OCH3 is 1. The lowest BCUT2D eigenvalue weighted by Crippen LogP contribution is -2.34. The molecule has 2 aromatic carbocycles. The molecule has 8 heteroatoms. The summed E-state index contributed by atoms with van der Waals surface area (Å²) in [7, 11) is 1.53. The zero-order chi connectivity index (χ0) is 18.8. The van der Waals surface area contributed by atoms with E-state index < -0.39 is 29.6 Å². The van der Waals surface area contributed by atoms with Crippen molar-refractivity contribution < 1.29 is 29.3 Å². The third kappa shape index (κ3) is 3.16. The normalized spacial score (nSPS) is 16.7. The predicted molar refractivity (Wildman–Crippen MR) is 92.6 cm³/mol. The van der Waals surface area contributed by atoms with E-state index in [1.807, 2.05) is 0 Å². The van der Waals surface area contributed by atoms with Gasteiger partial charge in [0.15, 0.2) is 0 Å². The number of carboxylic acid groups (broad SMARTS) is 1. The largest absolute Gasteiger partial charge is 0.507 e. The van der Waals surface area contributed by atoms with Gasteiger partial charge in [0.1, 0.15) is 23.1 Å². The summed E-state index contributed by atoms with van der Waals surface area (Å²) in [5, 5.41) is 21.7. The van der Waals surface area contributed by atoms with Crippen molar-refractivity contribution in [2.24, 2.45) is 0 Å². The summed E-state index contributed by atoms with van der Waals surface area (Å²) in [5.74, 6) is -2.14. The van der Waals surface area contributed by atoms with Gasteiger partial charge in [-0.2, -0.15) is 0 Å². The van der Waals surface area contributed by atoms with Crippen LogP contribution in [-0.2, 0) is 9.59 Å². The number of hydrogen-bond donors (Lipinski definition) is 3. The average molecular weight is 356 g/mol. The number of phenols is 1. The van der Waals surface area contributed by atoms with Gasteiger partial charge in [-0.25, -0.2) is 9.69 Å². The van der Waals surface area contributed by atoms with Crippen molar-refractivity contribution in [3.05, 3.63) is 48.0 Å². The monoisotopic (exact) mass is 356 g/mol. The lowest BCUT2D eigenvalue weighted by molar-refractivity contribution is -0.121. The van der Waals surface area contributed by atoms with Gasteiger partial charge in [-0.1, -0.05) is 6.07 Å². The Morgan fingerprint density at radius 1 is 1.23 bits per heavy atom. The van der Waals surface area contributed by atoms with E-state index in [2.05, 4.69) is 5.32 Å². The van der Waals surface area contributed by atoms with Crippen LogP contribution in [0, 0.1) is 0 Å². The summed E-state index contributed by atoms with van der Waals surface area (Å²) in [6.07, 6.45) is -0.0580. The number of carbonyl (C=O) groups excluding carboxylic acids is 2. The molecule has 0 bridgehead atoms. The van der Waals surface area contributed by atoms with Crippen LogP contribution < -0.4 is 15.0 Å². The van der Waals surface area contributed by atoms with E-state index in [1.54, 1.807) is 24.3 Å². The Kier molecular flexibility index (Phi) is 4.49. The molecule has 3 rings (SSSR count). The fourth-order valence-electron chi connectivity index (χ4n) is 2.77. The van der Waals surface area contributed by atoms with Crippen LogP contribution in [0.2, 0.25) is 0 Å². The maximum Gasteiger partial charge on any atom is 0.339 e. The molecule has 0 radical (unpaired) electrons. The highest BCUT2D eigenvalue weighted by Crippen LogP contribution is 2.30. The van der Waals surface area contributed by atoms with Crippen LogP contribution in [0.4, 0.5) is 11.4 Å². The lowest BCUT2D eigenvalue weighted by Gasteiger charge is -2.17. The van der Waals surface area contributed by atoms with Crippen LogP contribution in [0.3, 0.4) is 0 Å². The zero-order valence-electron chi connectivity index (χ0n) is 13.8. The minimum absolute atomic E-state index is 0.0580. The molecule has 26 heavy (non-hydrogen) atoms. The molecule has 1 aliphatic heterocycles. The minimum atomic E-state index is -1.30.